The molecule has 0 aliphatic rings. The molecule has 0 rings (SSSR count). The molecule has 0 amide bonds. The molecule has 0 atom stereocenters. The summed E-state index contributed by atoms with van der Waals surface area (Å²) in [6.07, 6.45) is 0.755. The summed E-state index contributed by atoms with van der Waals surface area (Å²) in [5.74, 6) is -5.30. The van der Waals surface area contributed by atoms with E-state index in [1.165, 1.54) is 13.8 Å². The van der Waals surface area contributed by atoms with Gasteiger partial charge < -0.3 is 39.6 Å². The molecule has 0 bridgehead atoms. The summed E-state index contributed by atoms with van der Waals surface area (Å²) in [5, 5.41) is 37.9. The Hall–Kier alpha value is -2.07. The van der Waals surface area contributed by atoms with Crippen LogP contribution in [-0.4, -0.2) is 35.4 Å². The van der Waals surface area contributed by atoms with Crippen molar-refractivity contribution in [3.8, 4) is 0 Å². The first-order chi connectivity index (χ1) is 11.8. The predicted molar refractivity (Wildman–Crippen MR) is 80.4 cm³/mol. The van der Waals surface area contributed by atoms with Crippen molar-refractivity contribution < 1.29 is 70.9 Å². The number of carbonyl (C=O) groups is 6. The van der Waals surface area contributed by atoms with Gasteiger partial charge in [-0.25, -0.2) is 0 Å². The number of Topliss-reactive ketones (excluding diaryl/α,β-unsaturated/α-hetero) is 2. The SMILES string of the molecule is CC(=O)CC(=O)[O-].CC(=O)CC(=O)[O-].CCCC(=O)[O-].CCCC(=O)[O-].[Ti+4]. The van der Waals surface area contributed by atoms with Gasteiger partial charge in [0, 0.05) is 36.7 Å². The molecule has 0 spiro atoms. The molecule has 0 radical (unpaired) electrons. The maximum Gasteiger partial charge on any atom is 4.00 e. The average Bonchev–Trinajstić information content (AvgIpc) is 2.36. The molecule has 27 heavy (non-hydrogen) atoms. The predicted octanol–water partition coefficient (Wildman–Crippen LogP) is -3.50. The fraction of sp³-hybridized carbons (Fsp3) is 0.625. The van der Waals surface area contributed by atoms with Crippen LogP contribution in [0.4, 0.5) is 0 Å². The van der Waals surface area contributed by atoms with Crippen LogP contribution in [0.5, 0.6) is 0 Å². The van der Waals surface area contributed by atoms with Crippen molar-refractivity contribution in [1.29, 1.82) is 0 Å². The van der Waals surface area contributed by atoms with E-state index in [1.807, 2.05) is 0 Å². The van der Waals surface area contributed by atoms with Crippen molar-refractivity contribution in [1.82, 2.24) is 0 Å². The van der Waals surface area contributed by atoms with Crippen molar-refractivity contribution >= 4 is 35.4 Å². The van der Waals surface area contributed by atoms with E-state index in [0.717, 1.165) is 0 Å². The maximum absolute atomic E-state index is 9.83. The molecule has 0 aromatic heterocycles. The Labute approximate surface area is 172 Å². The average molecular weight is 424 g/mol. The van der Waals surface area contributed by atoms with Crippen LogP contribution in [0, 0.1) is 0 Å². The van der Waals surface area contributed by atoms with Gasteiger partial charge in [-0.15, -0.1) is 0 Å². The fourth-order valence-electron chi connectivity index (χ4n) is 0.815. The Morgan fingerprint density at radius 2 is 0.778 bits per heavy atom. The van der Waals surface area contributed by atoms with Crippen LogP contribution < -0.4 is 20.4 Å². The Balaban J connectivity index is -0.0000000789. The number of hydrogen-bond acceptors (Lipinski definition) is 10. The molecule has 0 N–H and O–H groups in total. The van der Waals surface area contributed by atoms with Gasteiger partial charge in [0.2, 0.25) is 0 Å². The second kappa shape index (κ2) is 26.2. The molecule has 10 nitrogen and oxygen atoms in total. The zero-order valence-electron chi connectivity index (χ0n) is 15.8. The maximum atomic E-state index is 9.83. The monoisotopic (exact) mass is 424 g/mol. The van der Waals surface area contributed by atoms with E-state index < -0.39 is 36.7 Å². The fourth-order valence-corrected chi connectivity index (χ4v) is 0.815. The molecule has 0 heterocycles. The van der Waals surface area contributed by atoms with Crippen LogP contribution in [0.15, 0.2) is 0 Å². The molecule has 152 valence electrons. The first-order valence-electron chi connectivity index (χ1n) is 7.58. The quantitative estimate of drug-likeness (QED) is 0.279. The molecule has 0 aliphatic carbocycles. The second-order valence-electron chi connectivity index (χ2n) is 4.75. The van der Waals surface area contributed by atoms with Gasteiger partial charge in [0.1, 0.15) is 11.6 Å². The van der Waals surface area contributed by atoms with Gasteiger partial charge in [-0.3, -0.25) is 9.59 Å². The van der Waals surface area contributed by atoms with Gasteiger partial charge in [-0.05, 0) is 26.7 Å². The Morgan fingerprint density at radius 3 is 0.778 bits per heavy atom. The number of rotatable bonds is 8. The first kappa shape index (κ1) is 35.9. The first-order valence-corrected chi connectivity index (χ1v) is 7.58. The summed E-state index contributed by atoms with van der Waals surface area (Å²) in [6.45, 7) is 6.01. The van der Waals surface area contributed by atoms with Gasteiger partial charge in [0.05, 0.1) is 0 Å². The van der Waals surface area contributed by atoms with Gasteiger partial charge in [0.25, 0.3) is 0 Å². The number of carboxylic acid groups (broad SMARTS) is 4. The zero-order valence-corrected chi connectivity index (χ0v) is 17.4. The summed E-state index contributed by atoms with van der Waals surface area (Å²) in [5.41, 5.74) is 0. The molecule has 0 saturated carbocycles. The van der Waals surface area contributed by atoms with E-state index in [4.69, 9.17) is 0 Å². The normalized spacial score (nSPS) is 7.85. The number of hydrogen-bond donors (Lipinski definition) is 0. The van der Waals surface area contributed by atoms with Crippen molar-refractivity contribution in [2.45, 2.75) is 66.2 Å². The number of carboxylic acids is 4. The molecular formula is C16H24O10Ti. The Bertz CT molecular complexity index is 394. The molecule has 0 saturated heterocycles. The largest absolute Gasteiger partial charge is 4.00 e. The van der Waals surface area contributed by atoms with Crippen molar-refractivity contribution in [3.63, 3.8) is 0 Å². The van der Waals surface area contributed by atoms with E-state index in [2.05, 4.69) is 0 Å². The van der Waals surface area contributed by atoms with Crippen molar-refractivity contribution in [2.75, 3.05) is 0 Å². The molecule has 0 aromatic carbocycles. The minimum Gasteiger partial charge on any atom is -0.550 e. The van der Waals surface area contributed by atoms with Crippen LogP contribution in [0.25, 0.3) is 0 Å². The zero-order chi connectivity index (χ0) is 21.7. The molecule has 0 aliphatic heterocycles. The van der Waals surface area contributed by atoms with Gasteiger partial charge in [-0.2, -0.15) is 0 Å². The van der Waals surface area contributed by atoms with E-state index in [0.29, 0.717) is 12.8 Å². The minimum absolute atomic E-state index is 0. The van der Waals surface area contributed by atoms with Crippen LogP contribution in [0.1, 0.15) is 66.2 Å². The van der Waals surface area contributed by atoms with Gasteiger partial charge in [-0.1, -0.05) is 26.7 Å². The van der Waals surface area contributed by atoms with E-state index >= 15 is 0 Å². The molecule has 0 aromatic rings. The van der Waals surface area contributed by atoms with Crippen LogP contribution >= 0.6 is 0 Å². The third kappa shape index (κ3) is 80.8. The summed E-state index contributed by atoms with van der Waals surface area (Å²) >= 11 is 0. The number of carbonyl (C=O) groups excluding carboxylic acids is 6. The Morgan fingerprint density at radius 1 is 0.556 bits per heavy atom. The molecule has 0 fully saturated rings. The molecular weight excluding hydrogens is 400 g/mol. The summed E-state index contributed by atoms with van der Waals surface area (Å²) in [7, 11) is 0. The van der Waals surface area contributed by atoms with Crippen molar-refractivity contribution in [3.05, 3.63) is 0 Å². The third-order valence-corrected chi connectivity index (χ3v) is 1.69. The van der Waals surface area contributed by atoms with E-state index in [-0.39, 0.29) is 46.1 Å². The number of ketones is 2. The smallest absolute Gasteiger partial charge is 0.550 e. The topological polar surface area (TPSA) is 195 Å². The summed E-state index contributed by atoms with van der Waals surface area (Å²) in [6, 6.07) is 0. The van der Waals surface area contributed by atoms with Crippen molar-refractivity contribution in [2.24, 2.45) is 0 Å². The summed E-state index contributed by atoms with van der Waals surface area (Å²) < 4.78 is 0. The number of aliphatic carboxylic acids is 4. The summed E-state index contributed by atoms with van der Waals surface area (Å²) in [4.78, 5) is 57.6. The second-order valence-corrected chi connectivity index (χ2v) is 4.75. The molecule has 11 heteroatoms. The molecule has 0 unspecified atom stereocenters. The van der Waals surface area contributed by atoms with E-state index in [9.17, 15) is 49.2 Å². The third-order valence-electron chi connectivity index (χ3n) is 1.69. The minimum atomic E-state index is -1.31. The van der Waals surface area contributed by atoms with Crippen LogP contribution in [0.2, 0.25) is 0 Å². The van der Waals surface area contributed by atoms with Crippen LogP contribution in [0.3, 0.4) is 0 Å². The van der Waals surface area contributed by atoms with Crippen LogP contribution in [-0.2, 0) is 50.5 Å². The standard InChI is InChI=1S/2C4H6O3.2C4H8O2.Ti/c2*1-3(5)2-4(6)7;2*1-2-3-4(5)6;/h2*2H2,1H3,(H,6,7);2*2-3H2,1H3,(H,5,6);/q;;;;+4/p-4. The van der Waals surface area contributed by atoms with Gasteiger partial charge in [0.15, 0.2) is 0 Å². The van der Waals surface area contributed by atoms with Gasteiger partial charge >= 0.3 is 21.7 Å². The van der Waals surface area contributed by atoms with E-state index in [1.54, 1.807) is 13.8 Å². The Kier molecular flexibility index (Phi) is 34.8.